The van der Waals surface area contributed by atoms with E-state index in [4.69, 9.17) is 0 Å². The Kier molecular flexibility index (Phi) is 169. The van der Waals surface area contributed by atoms with Crippen LogP contribution in [0, 0.1) is 79.9 Å². The molecule has 0 atom stereocenters. The maximum atomic E-state index is 0. The smallest absolute Gasteiger partial charge is 2.00 e. The normalized spacial score (nSPS) is 0. The van der Waals surface area contributed by atoms with E-state index in [2.05, 4.69) is 0 Å². The predicted molar refractivity (Wildman–Crippen MR) is 17.3 cm³/mol. The summed E-state index contributed by atoms with van der Waals surface area (Å²) in [5.74, 6) is 0. The van der Waals surface area contributed by atoms with E-state index in [9.17, 15) is 0 Å². The van der Waals surface area contributed by atoms with Crippen molar-refractivity contribution in [3.63, 3.8) is 0 Å². The van der Waals surface area contributed by atoms with Crippen molar-refractivity contribution in [2.45, 2.75) is 0 Å². The van der Waals surface area contributed by atoms with Gasteiger partial charge in [0.1, 0.15) is 0 Å². The van der Waals surface area contributed by atoms with Crippen molar-refractivity contribution in [2.24, 2.45) is 0 Å². The molecule has 0 spiro atoms. The van der Waals surface area contributed by atoms with Crippen LogP contribution in [0.4, 0.5) is 0 Å². The van der Waals surface area contributed by atoms with Gasteiger partial charge in [-0.2, -0.15) is 0 Å². The van der Waals surface area contributed by atoms with Gasteiger partial charge in [0, 0.05) is 0 Å². The molecule has 0 bridgehead atoms. The Morgan fingerprint density at radius 3 is 0.400 bits per heavy atom. The second kappa shape index (κ2) is 24.1. The first-order valence-electron chi connectivity index (χ1n) is 0. The first-order valence-corrected chi connectivity index (χ1v) is 0. The minimum atomic E-state index is 0. The van der Waals surface area contributed by atoms with Gasteiger partial charge in [0.2, 0.25) is 0 Å². The zero-order valence-electron chi connectivity index (χ0n) is 1.93. The SMILES string of the molecule is [Gd+3].[Gd+3].[Se-2].[Se-2].[Se-2]. The molecule has 0 unspecified atom stereocenters. The van der Waals surface area contributed by atoms with E-state index in [1.54, 1.807) is 0 Å². The molecule has 0 fully saturated rings. The zero-order valence-corrected chi connectivity index (χ0v) is 11.6. The fourth-order valence-corrected chi connectivity index (χ4v) is 0. The molecule has 0 N–H and O–H groups in total. The summed E-state index contributed by atoms with van der Waals surface area (Å²) in [6.07, 6.45) is 0. The molecule has 2 radical (unpaired) electrons. The molecule has 0 saturated heterocycles. The van der Waals surface area contributed by atoms with Gasteiger partial charge in [-0.3, -0.25) is 0 Å². The summed E-state index contributed by atoms with van der Waals surface area (Å²) in [7, 11) is 0. The maximum absolute atomic E-state index is 0. The van der Waals surface area contributed by atoms with E-state index in [-0.39, 0.29) is 131 Å². The molecule has 0 aromatic rings. The third-order valence-corrected chi connectivity index (χ3v) is 0. The Morgan fingerprint density at radius 1 is 0.400 bits per heavy atom. The molecule has 0 saturated carbocycles. The zero-order chi connectivity index (χ0) is 0. The molecule has 0 aromatic heterocycles. The van der Waals surface area contributed by atoms with Crippen molar-refractivity contribution in [2.75, 3.05) is 0 Å². The maximum Gasteiger partial charge on any atom is 3.00 e. The van der Waals surface area contributed by atoms with Crippen molar-refractivity contribution in [1.82, 2.24) is 0 Å². The van der Waals surface area contributed by atoms with E-state index < -0.39 is 0 Å². The van der Waals surface area contributed by atoms with Crippen molar-refractivity contribution in [1.29, 1.82) is 0 Å². The van der Waals surface area contributed by atoms with Crippen molar-refractivity contribution in [3.8, 4) is 0 Å². The molecular formula is Gd2Se3. The van der Waals surface area contributed by atoms with E-state index in [1.807, 2.05) is 0 Å². The van der Waals surface area contributed by atoms with Gasteiger partial charge in [-0.15, -0.1) is 0 Å². The van der Waals surface area contributed by atoms with E-state index in [0.29, 0.717) is 0 Å². The van der Waals surface area contributed by atoms with Crippen LogP contribution in [0.1, 0.15) is 0 Å². The Hall–Kier alpha value is 4.21. The van der Waals surface area contributed by atoms with E-state index in [0.717, 1.165) is 0 Å². The third-order valence-electron chi connectivity index (χ3n) is 0. The van der Waals surface area contributed by atoms with Crippen LogP contribution in [0.5, 0.6) is 0 Å². The first kappa shape index (κ1) is 35.0. The van der Waals surface area contributed by atoms with Crippen LogP contribution in [0.15, 0.2) is 0 Å². The summed E-state index contributed by atoms with van der Waals surface area (Å²) in [5, 5.41) is 0. The van der Waals surface area contributed by atoms with Crippen LogP contribution in [0.2, 0.25) is 0 Å². The molecule has 0 aliphatic carbocycles. The molecule has 5 heteroatoms. The summed E-state index contributed by atoms with van der Waals surface area (Å²) in [5.41, 5.74) is 0. The van der Waals surface area contributed by atoms with Crippen LogP contribution >= 0.6 is 0 Å². The van der Waals surface area contributed by atoms with Crippen LogP contribution < -0.4 is 0 Å². The van der Waals surface area contributed by atoms with Crippen LogP contribution in [-0.4, -0.2) is 51.2 Å². The van der Waals surface area contributed by atoms with Gasteiger partial charge in [0.25, 0.3) is 0 Å². The van der Waals surface area contributed by atoms with Crippen molar-refractivity contribution >= 4 is 51.2 Å². The van der Waals surface area contributed by atoms with Gasteiger partial charge in [0.05, 0.1) is 0 Å². The Balaban J connectivity index is 0. The van der Waals surface area contributed by atoms with Crippen LogP contribution in [0.3, 0.4) is 0 Å². The molecular weight excluding hydrogens is 551 g/mol. The minimum absolute atomic E-state index is 0. The fourth-order valence-electron chi connectivity index (χ4n) is 0. The third kappa shape index (κ3) is 17.9. The minimum Gasteiger partial charge on any atom is -2.00 e. The van der Waals surface area contributed by atoms with Gasteiger partial charge in [-0.25, -0.2) is 0 Å². The quantitative estimate of drug-likeness (QED) is 0.334. The van der Waals surface area contributed by atoms with E-state index >= 15 is 0 Å². The topological polar surface area (TPSA) is 0 Å². The first-order chi connectivity index (χ1) is 0. The monoisotopic (exact) mass is 556 g/mol. The summed E-state index contributed by atoms with van der Waals surface area (Å²) in [6, 6.07) is 0. The van der Waals surface area contributed by atoms with Crippen molar-refractivity contribution < 1.29 is 79.9 Å². The Morgan fingerprint density at radius 2 is 0.400 bits per heavy atom. The molecule has 0 aromatic carbocycles. The largest absolute Gasteiger partial charge is 3.00 e. The predicted octanol–water partition coefficient (Wildman–Crippen LogP) is -1.14. The van der Waals surface area contributed by atoms with Gasteiger partial charge in [-0.1, -0.05) is 0 Å². The second-order valence-corrected chi connectivity index (χ2v) is 0. The molecule has 0 aliphatic rings. The molecule has 0 aliphatic heterocycles. The van der Waals surface area contributed by atoms with E-state index in [1.165, 1.54) is 0 Å². The molecule has 0 heterocycles. The fraction of sp³-hybridized carbons (Fsp3) is 0. The summed E-state index contributed by atoms with van der Waals surface area (Å²) < 4.78 is 0. The summed E-state index contributed by atoms with van der Waals surface area (Å²) in [6.45, 7) is 0. The van der Waals surface area contributed by atoms with Gasteiger partial charge in [-0.05, 0) is 0 Å². The number of hydrogen-bond donors (Lipinski definition) is 0. The van der Waals surface area contributed by atoms with Crippen molar-refractivity contribution in [3.05, 3.63) is 0 Å². The average molecular weight is 551 g/mol. The van der Waals surface area contributed by atoms with Gasteiger partial charge >= 0.3 is 79.9 Å². The molecule has 34 valence electrons. The summed E-state index contributed by atoms with van der Waals surface area (Å²) >= 11 is 0. The molecule has 0 nitrogen and oxygen atoms in total. The average Bonchev–Trinajstić information content (AvgIpc) is 0. The molecule has 5 heavy (non-hydrogen) atoms. The second-order valence-electron chi connectivity index (χ2n) is 0. The molecule has 0 rings (SSSR count). The van der Waals surface area contributed by atoms with Crippen LogP contribution in [0.25, 0.3) is 0 Å². The van der Waals surface area contributed by atoms with Crippen LogP contribution in [-0.2, 0) is 0 Å². The summed E-state index contributed by atoms with van der Waals surface area (Å²) in [4.78, 5) is 0. The standard InChI is InChI=1S/2Gd.3Se/q2*+3;3*-2. The Bertz CT molecular complexity index is 4.85. The Labute approximate surface area is 128 Å². The number of hydrogen-bond acceptors (Lipinski definition) is 0. The molecule has 0 amide bonds. The van der Waals surface area contributed by atoms with Gasteiger partial charge in [0.15, 0.2) is 0 Å². The van der Waals surface area contributed by atoms with Gasteiger partial charge < -0.3 is 51.2 Å². The number of rotatable bonds is 0.